The van der Waals surface area contributed by atoms with E-state index in [1.165, 1.54) is 12.1 Å². The number of para-hydroxylation sites is 2. The number of nitrogens with zero attached hydrogens (tertiary/aromatic N) is 2. The highest BCUT2D eigenvalue weighted by Crippen LogP contribution is 2.34. The number of carbonyl (C=O) groups excluding carboxylic acids is 2. The Kier molecular flexibility index (Phi) is 7.42. The number of esters is 1. The number of nitrogens with one attached hydrogen (secondary N) is 1. The summed E-state index contributed by atoms with van der Waals surface area (Å²) in [5, 5.41) is 15.2. The molecular weight excluding hydrogens is 590 g/mol. The zero-order chi connectivity index (χ0) is 24.9. The fourth-order valence-electron chi connectivity index (χ4n) is 3.03. The molecule has 1 N–H and O–H groups in total. The number of benzene rings is 3. The summed E-state index contributed by atoms with van der Waals surface area (Å²) < 4.78 is 17.5. The highest BCUT2D eigenvalue weighted by atomic mass is 79.9. The molecule has 4 rings (SSSR count). The van der Waals surface area contributed by atoms with Crippen LogP contribution in [0, 0.1) is 10.1 Å². The Labute approximate surface area is 215 Å². The van der Waals surface area contributed by atoms with Crippen LogP contribution in [0.5, 0.6) is 17.2 Å². The maximum absolute atomic E-state index is 12.6. The minimum atomic E-state index is -0.950. The molecule has 1 atom stereocenters. The fourth-order valence-corrected chi connectivity index (χ4v) is 3.84. The van der Waals surface area contributed by atoms with Crippen molar-refractivity contribution >= 4 is 55.6 Å². The Morgan fingerprint density at radius 2 is 1.83 bits per heavy atom. The summed E-state index contributed by atoms with van der Waals surface area (Å²) in [6.45, 7) is -0.0171. The Hall–Kier alpha value is -3.77. The second kappa shape index (κ2) is 10.7. The van der Waals surface area contributed by atoms with E-state index in [0.29, 0.717) is 11.5 Å². The largest absolute Gasteiger partial charge is 0.485 e. The zero-order valence-corrected chi connectivity index (χ0v) is 20.8. The van der Waals surface area contributed by atoms with Gasteiger partial charge in [-0.1, -0.05) is 28.1 Å². The molecule has 0 aromatic heterocycles. The van der Waals surface area contributed by atoms with E-state index in [9.17, 15) is 19.7 Å². The first-order chi connectivity index (χ1) is 16.8. The molecule has 3 aromatic rings. The van der Waals surface area contributed by atoms with Gasteiger partial charge in [0.25, 0.3) is 11.6 Å². The molecule has 3 aromatic carbocycles. The number of ether oxygens (including phenoxy) is 3. The average molecular weight is 605 g/mol. The minimum absolute atomic E-state index is 0.00676. The predicted octanol–water partition coefficient (Wildman–Crippen LogP) is 4.63. The van der Waals surface area contributed by atoms with Gasteiger partial charge in [-0.3, -0.25) is 14.9 Å². The fraction of sp³-hybridized carbons (Fsp3) is 0.0870. The number of non-ortho nitro benzene ring substituents is 1. The molecule has 1 amide bonds. The van der Waals surface area contributed by atoms with Crippen molar-refractivity contribution in [3.8, 4) is 17.2 Å². The lowest BCUT2D eigenvalue weighted by Crippen LogP contribution is -2.42. The van der Waals surface area contributed by atoms with E-state index in [4.69, 9.17) is 14.2 Å². The molecule has 35 heavy (non-hydrogen) atoms. The van der Waals surface area contributed by atoms with Crippen molar-refractivity contribution in [3.63, 3.8) is 0 Å². The van der Waals surface area contributed by atoms with Crippen LogP contribution in [-0.2, 0) is 4.79 Å². The Bertz CT molecular complexity index is 1330. The number of halogens is 2. The normalized spacial score (nSPS) is 14.4. The van der Waals surface area contributed by atoms with Gasteiger partial charge in [-0.05, 0) is 52.3 Å². The molecule has 0 radical (unpaired) electrons. The van der Waals surface area contributed by atoms with Crippen LogP contribution in [0.15, 0.2) is 74.7 Å². The SMILES string of the molecule is O=C(Oc1c(Br)cc([N+](=O)[O-])cc1/C=N\NC(=O)[C@H]1COc2ccccc2O1)c1ccc(Br)cc1. The average Bonchev–Trinajstić information content (AvgIpc) is 2.85. The summed E-state index contributed by atoms with van der Waals surface area (Å²) in [6, 6.07) is 15.8. The third-order valence-electron chi connectivity index (χ3n) is 4.72. The summed E-state index contributed by atoms with van der Waals surface area (Å²) >= 11 is 6.49. The maximum atomic E-state index is 12.6. The molecule has 0 unspecified atom stereocenters. The van der Waals surface area contributed by atoms with Crippen LogP contribution in [-0.4, -0.2) is 35.7 Å². The number of nitro benzene ring substituents is 1. The lowest BCUT2D eigenvalue weighted by atomic mass is 10.2. The van der Waals surface area contributed by atoms with Crippen molar-refractivity contribution in [1.82, 2.24) is 5.43 Å². The van der Waals surface area contributed by atoms with Crippen molar-refractivity contribution in [2.45, 2.75) is 6.10 Å². The third-order valence-corrected chi connectivity index (χ3v) is 5.84. The van der Waals surface area contributed by atoms with Gasteiger partial charge in [-0.15, -0.1) is 0 Å². The van der Waals surface area contributed by atoms with Crippen LogP contribution in [0.1, 0.15) is 15.9 Å². The molecule has 178 valence electrons. The quantitative estimate of drug-likeness (QED) is 0.143. The summed E-state index contributed by atoms with van der Waals surface area (Å²) in [5.74, 6) is -0.329. The number of hydrazone groups is 1. The second-order valence-corrected chi connectivity index (χ2v) is 8.87. The molecule has 0 aliphatic carbocycles. The maximum Gasteiger partial charge on any atom is 0.343 e. The van der Waals surface area contributed by atoms with Gasteiger partial charge in [0.2, 0.25) is 6.10 Å². The molecule has 0 bridgehead atoms. The van der Waals surface area contributed by atoms with Gasteiger partial charge in [-0.2, -0.15) is 5.10 Å². The lowest BCUT2D eigenvalue weighted by molar-refractivity contribution is -0.385. The van der Waals surface area contributed by atoms with E-state index in [2.05, 4.69) is 42.4 Å². The topological polar surface area (TPSA) is 129 Å². The van der Waals surface area contributed by atoms with E-state index < -0.39 is 22.9 Å². The van der Waals surface area contributed by atoms with Crippen LogP contribution in [0.25, 0.3) is 0 Å². The summed E-state index contributed by atoms with van der Waals surface area (Å²) in [7, 11) is 0. The van der Waals surface area contributed by atoms with Gasteiger partial charge in [-0.25, -0.2) is 10.2 Å². The highest BCUT2D eigenvalue weighted by molar-refractivity contribution is 9.10. The van der Waals surface area contributed by atoms with E-state index >= 15 is 0 Å². The number of hydrogen-bond acceptors (Lipinski definition) is 8. The highest BCUT2D eigenvalue weighted by Gasteiger charge is 2.27. The summed E-state index contributed by atoms with van der Waals surface area (Å²) in [5.41, 5.74) is 2.40. The van der Waals surface area contributed by atoms with Gasteiger partial charge in [0.1, 0.15) is 6.61 Å². The monoisotopic (exact) mass is 603 g/mol. The molecule has 0 spiro atoms. The van der Waals surface area contributed by atoms with Crippen LogP contribution >= 0.6 is 31.9 Å². The van der Waals surface area contributed by atoms with Gasteiger partial charge >= 0.3 is 5.97 Å². The molecule has 12 heteroatoms. The van der Waals surface area contributed by atoms with E-state index in [-0.39, 0.29) is 33.6 Å². The standard InChI is InChI=1S/C23H15Br2N3O7/c24-15-7-5-13(6-8-15)23(30)35-21-14(9-16(28(31)32)10-17(21)25)11-26-27-22(29)20-12-33-18-3-1-2-4-19(18)34-20/h1-11,20H,12H2,(H,27,29)/b26-11-/t20-/m1/s1. The molecule has 0 saturated heterocycles. The molecule has 1 aliphatic rings. The summed E-state index contributed by atoms with van der Waals surface area (Å²) in [4.78, 5) is 35.8. The number of rotatable bonds is 6. The predicted molar refractivity (Wildman–Crippen MR) is 132 cm³/mol. The molecule has 0 saturated carbocycles. The lowest BCUT2D eigenvalue weighted by Gasteiger charge is -2.24. The number of nitro groups is 1. The van der Waals surface area contributed by atoms with Crippen LogP contribution < -0.4 is 19.6 Å². The van der Waals surface area contributed by atoms with Crippen LogP contribution in [0.2, 0.25) is 0 Å². The van der Waals surface area contributed by atoms with E-state index in [0.717, 1.165) is 10.7 Å². The molecular formula is C23H15Br2N3O7. The number of fused-ring (bicyclic) bond motifs is 1. The van der Waals surface area contributed by atoms with Crippen molar-refractivity contribution < 1.29 is 28.7 Å². The van der Waals surface area contributed by atoms with E-state index in [1.807, 2.05) is 0 Å². The van der Waals surface area contributed by atoms with Gasteiger partial charge in [0, 0.05) is 22.2 Å². The van der Waals surface area contributed by atoms with Gasteiger partial charge in [0.15, 0.2) is 17.2 Å². The van der Waals surface area contributed by atoms with Crippen LogP contribution in [0.3, 0.4) is 0 Å². The van der Waals surface area contributed by atoms with Gasteiger partial charge < -0.3 is 14.2 Å². The molecule has 1 heterocycles. The Morgan fingerprint density at radius 1 is 1.11 bits per heavy atom. The van der Waals surface area contributed by atoms with Crippen LogP contribution in [0.4, 0.5) is 5.69 Å². The molecule has 1 aliphatic heterocycles. The van der Waals surface area contributed by atoms with Crippen molar-refractivity contribution in [2.24, 2.45) is 5.10 Å². The third kappa shape index (κ3) is 5.84. The van der Waals surface area contributed by atoms with Crippen molar-refractivity contribution in [2.75, 3.05) is 6.61 Å². The van der Waals surface area contributed by atoms with Crippen molar-refractivity contribution in [1.29, 1.82) is 0 Å². The number of carbonyl (C=O) groups is 2. The van der Waals surface area contributed by atoms with Crippen molar-refractivity contribution in [3.05, 3.63) is 90.9 Å². The Morgan fingerprint density at radius 3 is 2.54 bits per heavy atom. The zero-order valence-electron chi connectivity index (χ0n) is 17.6. The number of hydrogen-bond donors (Lipinski definition) is 1. The second-order valence-electron chi connectivity index (χ2n) is 7.10. The Balaban J connectivity index is 1.52. The number of amides is 1. The smallest absolute Gasteiger partial charge is 0.343 e. The summed E-state index contributed by atoms with van der Waals surface area (Å²) in [6.07, 6.45) is 0.186. The molecule has 0 fully saturated rings. The van der Waals surface area contributed by atoms with Gasteiger partial charge in [0.05, 0.1) is 21.2 Å². The first-order valence-corrected chi connectivity index (χ1v) is 11.6. The van der Waals surface area contributed by atoms with E-state index in [1.54, 1.807) is 48.5 Å². The minimum Gasteiger partial charge on any atom is -0.485 e. The molecule has 10 nitrogen and oxygen atoms in total. The first kappa shape index (κ1) is 24.4. The first-order valence-electron chi connectivity index (χ1n) is 9.99.